The van der Waals surface area contributed by atoms with Crippen LogP contribution in [0.5, 0.6) is 0 Å². The number of benzene rings is 3. The van der Waals surface area contributed by atoms with Crippen LogP contribution in [-0.2, 0) is 0 Å². The van der Waals surface area contributed by atoms with Crippen LogP contribution in [-0.4, -0.2) is 12.1 Å². The van der Waals surface area contributed by atoms with E-state index in [-0.39, 0.29) is 12.1 Å². The number of hydrogen-bond acceptors (Lipinski definition) is 3. The van der Waals surface area contributed by atoms with E-state index in [9.17, 15) is 0 Å². The van der Waals surface area contributed by atoms with E-state index in [4.69, 9.17) is 28.2 Å². The van der Waals surface area contributed by atoms with Crippen LogP contribution >= 0.6 is 35.0 Å². The van der Waals surface area contributed by atoms with Crippen LogP contribution in [0.2, 0.25) is 10.0 Å². The van der Waals surface area contributed by atoms with Crippen LogP contribution in [0, 0.1) is 0 Å². The fourth-order valence-corrected chi connectivity index (χ4v) is 3.91. The molecule has 0 spiro atoms. The number of rotatable bonds is 4. The molecule has 0 fully saturated rings. The van der Waals surface area contributed by atoms with Gasteiger partial charge in [-0.15, -0.1) is 11.8 Å². The molecule has 27 heavy (non-hydrogen) atoms. The largest absolute Gasteiger partial charge is 0.361 e. The summed E-state index contributed by atoms with van der Waals surface area (Å²) in [7, 11) is 0. The summed E-state index contributed by atoms with van der Waals surface area (Å²) in [5.74, 6) is 0.905. The SMILES string of the molecule is CSc1ccc(C2=NC(c3ccc(Cl)cc3)C(c3ccc(Cl)cc3)N2)cc1. The van der Waals surface area contributed by atoms with Crippen molar-refractivity contribution in [2.24, 2.45) is 4.99 Å². The van der Waals surface area contributed by atoms with Gasteiger partial charge in [-0.2, -0.15) is 0 Å². The monoisotopic (exact) mass is 412 g/mol. The number of nitrogens with one attached hydrogen (secondary N) is 1. The molecule has 2 nitrogen and oxygen atoms in total. The van der Waals surface area contributed by atoms with E-state index in [2.05, 4.69) is 48.0 Å². The highest BCUT2D eigenvalue weighted by Gasteiger charge is 2.31. The first-order valence-corrected chi connectivity index (χ1v) is 10.6. The van der Waals surface area contributed by atoms with E-state index in [1.807, 2.05) is 36.4 Å². The molecule has 1 aliphatic rings. The molecule has 2 unspecified atom stereocenters. The van der Waals surface area contributed by atoms with Gasteiger partial charge in [0.1, 0.15) is 11.9 Å². The van der Waals surface area contributed by atoms with Gasteiger partial charge in [-0.1, -0.05) is 59.6 Å². The summed E-state index contributed by atoms with van der Waals surface area (Å²) in [6, 6.07) is 24.3. The van der Waals surface area contributed by atoms with E-state index in [0.717, 1.165) is 32.6 Å². The molecule has 1 aliphatic heterocycles. The maximum Gasteiger partial charge on any atom is 0.129 e. The summed E-state index contributed by atoms with van der Waals surface area (Å²) in [6.45, 7) is 0. The highest BCUT2D eigenvalue weighted by atomic mass is 35.5. The summed E-state index contributed by atoms with van der Waals surface area (Å²) >= 11 is 13.9. The number of aliphatic imine (C=N–C) groups is 1. The zero-order chi connectivity index (χ0) is 18.8. The minimum atomic E-state index is -0.0290. The second-order valence-corrected chi connectivity index (χ2v) is 8.13. The molecular weight excluding hydrogens is 395 g/mol. The Balaban J connectivity index is 1.72. The molecule has 2 atom stereocenters. The lowest BCUT2D eigenvalue weighted by Crippen LogP contribution is -2.25. The first-order valence-electron chi connectivity index (χ1n) is 8.64. The molecule has 0 aromatic heterocycles. The Morgan fingerprint density at radius 1 is 0.778 bits per heavy atom. The molecule has 0 bridgehead atoms. The fraction of sp³-hybridized carbons (Fsp3) is 0.136. The van der Waals surface area contributed by atoms with Crippen molar-refractivity contribution in [1.29, 1.82) is 0 Å². The topological polar surface area (TPSA) is 24.4 Å². The Morgan fingerprint density at radius 3 is 1.89 bits per heavy atom. The average molecular weight is 413 g/mol. The van der Waals surface area contributed by atoms with E-state index in [1.54, 1.807) is 11.8 Å². The lowest BCUT2D eigenvalue weighted by molar-refractivity contribution is 0.572. The van der Waals surface area contributed by atoms with Gasteiger partial charge in [0.05, 0.1) is 6.04 Å². The van der Waals surface area contributed by atoms with Crippen molar-refractivity contribution in [2.45, 2.75) is 17.0 Å². The van der Waals surface area contributed by atoms with Gasteiger partial charge in [0, 0.05) is 20.5 Å². The third kappa shape index (κ3) is 4.01. The molecular formula is C22H18Cl2N2S. The van der Waals surface area contributed by atoms with Crippen molar-refractivity contribution in [1.82, 2.24) is 5.32 Å². The van der Waals surface area contributed by atoms with E-state index < -0.39 is 0 Å². The predicted octanol–water partition coefficient (Wildman–Crippen LogP) is 6.55. The van der Waals surface area contributed by atoms with Gasteiger partial charge in [-0.05, 0) is 53.8 Å². The van der Waals surface area contributed by atoms with Crippen molar-refractivity contribution in [3.63, 3.8) is 0 Å². The molecule has 0 saturated heterocycles. The lowest BCUT2D eigenvalue weighted by atomic mass is 9.95. The average Bonchev–Trinajstić information content (AvgIpc) is 3.14. The minimum absolute atomic E-state index is 0.0290. The molecule has 5 heteroatoms. The third-order valence-electron chi connectivity index (χ3n) is 4.68. The Labute approximate surface area is 173 Å². The Bertz CT molecular complexity index is 951. The fourth-order valence-electron chi connectivity index (χ4n) is 3.25. The molecule has 0 aliphatic carbocycles. The zero-order valence-corrected chi connectivity index (χ0v) is 17.0. The maximum absolute atomic E-state index is 6.08. The molecule has 4 rings (SSSR count). The normalized spacial score (nSPS) is 18.9. The van der Waals surface area contributed by atoms with Gasteiger partial charge in [0.15, 0.2) is 0 Å². The number of hydrogen-bond donors (Lipinski definition) is 1. The third-order valence-corrected chi connectivity index (χ3v) is 5.93. The molecule has 0 radical (unpaired) electrons. The molecule has 136 valence electrons. The summed E-state index contributed by atoms with van der Waals surface area (Å²) in [5.41, 5.74) is 3.37. The summed E-state index contributed by atoms with van der Waals surface area (Å²) in [5, 5.41) is 5.07. The first kappa shape index (κ1) is 18.4. The van der Waals surface area contributed by atoms with Crippen LogP contribution in [0.15, 0.2) is 82.7 Å². The lowest BCUT2D eigenvalue weighted by Gasteiger charge is -2.20. The maximum atomic E-state index is 6.08. The number of nitrogens with zero attached hydrogens (tertiary/aromatic N) is 1. The summed E-state index contributed by atoms with van der Waals surface area (Å²) in [6.07, 6.45) is 2.08. The molecule has 0 amide bonds. The molecule has 0 saturated carbocycles. The van der Waals surface area contributed by atoms with Crippen molar-refractivity contribution >= 4 is 40.8 Å². The number of halogens is 2. The van der Waals surface area contributed by atoms with E-state index in [0.29, 0.717) is 0 Å². The Hall–Kier alpha value is -1.94. The highest BCUT2D eigenvalue weighted by molar-refractivity contribution is 7.98. The van der Waals surface area contributed by atoms with Crippen molar-refractivity contribution in [2.75, 3.05) is 6.26 Å². The van der Waals surface area contributed by atoms with Gasteiger partial charge in [0.25, 0.3) is 0 Å². The van der Waals surface area contributed by atoms with Gasteiger partial charge >= 0.3 is 0 Å². The van der Waals surface area contributed by atoms with Crippen molar-refractivity contribution in [3.05, 3.63) is 99.5 Å². The minimum Gasteiger partial charge on any atom is -0.361 e. The summed E-state index contributed by atoms with van der Waals surface area (Å²) < 4.78 is 0. The first-order chi connectivity index (χ1) is 13.1. The number of amidine groups is 1. The Kier molecular flexibility index (Phi) is 5.44. The molecule has 3 aromatic rings. The smallest absolute Gasteiger partial charge is 0.129 e. The van der Waals surface area contributed by atoms with Crippen LogP contribution < -0.4 is 5.32 Å². The Morgan fingerprint density at radius 2 is 1.33 bits per heavy atom. The van der Waals surface area contributed by atoms with E-state index in [1.165, 1.54) is 4.90 Å². The second kappa shape index (κ2) is 7.97. The van der Waals surface area contributed by atoms with Gasteiger partial charge in [-0.3, -0.25) is 4.99 Å². The molecule has 1 N–H and O–H groups in total. The highest BCUT2D eigenvalue weighted by Crippen LogP contribution is 2.37. The molecule has 1 heterocycles. The van der Waals surface area contributed by atoms with Crippen molar-refractivity contribution in [3.8, 4) is 0 Å². The van der Waals surface area contributed by atoms with Crippen LogP contribution in [0.4, 0.5) is 0 Å². The molecule has 3 aromatic carbocycles. The second-order valence-electron chi connectivity index (χ2n) is 6.38. The summed E-state index contributed by atoms with van der Waals surface area (Å²) in [4.78, 5) is 6.25. The van der Waals surface area contributed by atoms with E-state index >= 15 is 0 Å². The van der Waals surface area contributed by atoms with Gasteiger partial charge in [0.2, 0.25) is 0 Å². The van der Waals surface area contributed by atoms with Crippen molar-refractivity contribution < 1.29 is 0 Å². The predicted molar refractivity (Wildman–Crippen MR) is 116 cm³/mol. The van der Waals surface area contributed by atoms with Crippen LogP contribution in [0.25, 0.3) is 0 Å². The van der Waals surface area contributed by atoms with Gasteiger partial charge < -0.3 is 5.32 Å². The zero-order valence-electron chi connectivity index (χ0n) is 14.7. The number of thioether (sulfide) groups is 1. The van der Waals surface area contributed by atoms with Crippen LogP contribution in [0.3, 0.4) is 0 Å². The van der Waals surface area contributed by atoms with Gasteiger partial charge in [-0.25, -0.2) is 0 Å². The quantitative estimate of drug-likeness (QED) is 0.491. The standard InChI is InChI=1S/C22H18Cl2N2S/c1-27-19-12-6-16(7-13-19)22-25-20(14-2-8-17(23)9-3-14)21(26-22)15-4-10-18(24)11-5-15/h2-13,20-21H,1H3,(H,25,26). The van der Waals surface area contributed by atoms with Crippen LogP contribution in [0.1, 0.15) is 28.8 Å².